The van der Waals surface area contributed by atoms with Crippen molar-refractivity contribution >= 4 is 11.7 Å². The summed E-state index contributed by atoms with van der Waals surface area (Å²) < 4.78 is 13.4. The number of benzene rings is 1. The number of aromatic nitrogens is 2. The standard InChI is InChI=1S/C23H30FN5O/c1-16(17-5-7-18(24)8-6-17)21-22(25-11-14-29-12-3-4-13-29)26-15-20(27-21)23(30)28(2)19-9-10-19/h5-8,15-16,19H,3-4,9-14H2,1-2H3,(H,25,26). The average molecular weight is 412 g/mol. The molecule has 2 heterocycles. The lowest BCUT2D eigenvalue weighted by Crippen LogP contribution is -2.30. The van der Waals surface area contributed by atoms with Gasteiger partial charge in [0.05, 0.1) is 11.9 Å². The number of nitrogens with zero attached hydrogens (tertiary/aromatic N) is 4. The smallest absolute Gasteiger partial charge is 0.274 e. The molecule has 2 fully saturated rings. The van der Waals surface area contributed by atoms with Crippen molar-refractivity contribution in [3.63, 3.8) is 0 Å². The highest BCUT2D eigenvalue weighted by Crippen LogP contribution is 2.29. The number of carbonyl (C=O) groups is 1. The molecule has 2 aromatic rings. The molecular formula is C23H30FN5O. The van der Waals surface area contributed by atoms with Gasteiger partial charge in [-0.2, -0.15) is 0 Å². The van der Waals surface area contributed by atoms with E-state index in [9.17, 15) is 9.18 Å². The maximum atomic E-state index is 13.4. The van der Waals surface area contributed by atoms with Gasteiger partial charge in [-0.3, -0.25) is 4.79 Å². The second-order valence-electron chi connectivity index (χ2n) is 8.39. The molecule has 0 bridgehead atoms. The van der Waals surface area contributed by atoms with E-state index in [0.29, 0.717) is 17.6 Å². The molecule has 7 heteroatoms. The van der Waals surface area contributed by atoms with Gasteiger partial charge >= 0.3 is 0 Å². The van der Waals surface area contributed by atoms with Crippen LogP contribution in [-0.2, 0) is 0 Å². The molecule has 0 radical (unpaired) electrons. The third-order valence-corrected chi connectivity index (χ3v) is 6.13. The fourth-order valence-electron chi connectivity index (χ4n) is 4.00. The van der Waals surface area contributed by atoms with Gasteiger partial charge in [-0.15, -0.1) is 0 Å². The monoisotopic (exact) mass is 411 g/mol. The lowest BCUT2D eigenvalue weighted by molar-refractivity contribution is 0.0778. The molecule has 1 amide bonds. The first kappa shape index (κ1) is 20.7. The lowest BCUT2D eigenvalue weighted by Gasteiger charge is -2.20. The Morgan fingerprint density at radius 1 is 1.27 bits per heavy atom. The minimum Gasteiger partial charge on any atom is -0.367 e. The molecule has 1 atom stereocenters. The van der Waals surface area contributed by atoms with Crippen LogP contribution in [0.1, 0.15) is 60.3 Å². The van der Waals surface area contributed by atoms with Crippen molar-refractivity contribution in [1.82, 2.24) is 19.8 Å². The predicted octanol–water partition coefficient (Wildman–Crippen LogP) is 3.51. The number of likely N-dealkylation sites (tertiary alicyclic amines) is 1. The molecule has 0 spiro atoms. The average Bonchev–Trinajstić information content (AvgIpc) is 3.49. The molecule has 2 aliphatic rings. The Morgan fingerprint density at radius 2 is 1.97 bits per heavy atom. The van der Waals surface area contributed by atoms with E-state index in [4.69, 9.17) is 4.98 Å². The van der Waals surface area contributed by atoms with Crippen LogP contribution < -0.4 is 5.32 Å². The summed E-state index contributed by atoms with van der Waals surface area (Å²) in [6.45, 7) is 6.03. The van der Waals surface area contributed by atoms with Crippen LogP contribution in [0.25, 0.3) is 0 Å². The summed E-state index contributed by atoms with van der Waals surface area (Å²) in [5.74, 6) is 0.208. The number of amides is 1. The van der Waals surface area contributed by atoms with E-state index in [-0.39, 0.29) is 17.6 Å². The number of carbonyl (C=O) groups excluding carboxylic acids is 1. The van der Waals surface area contributed by atoms with Crippen molar-refractivity contribution in [2.45, 2.75) is 44.6 Å². The first-order chi connectivity index (χ1) is 14.5. The van der Waals surface area contributed by atoms with Gasteiger partial charge in [0.1, 0.15) is 17.3 Å². The Balaban J connectivity index is 1.56. The molecule has 4 rings (SSSR count). The van der Waals surface area contributed by atoms with Crippen LogP contribution in [0.3, 0.4) is 0 Å². The number of halogens is 1. The molecule has 1 saturated heterocycles. The first-order valence-electron chi connectivity index (χ1n) is 10.9. The molecule has 1 N–H and O–H groups in total. The van der Waals surface area contributed by atoms with Gasteiger partial charge in [0.25, 0.3) is 5.91 Å². The van der Waals surface area contributed by atoms with Crippen molar-refractivity contribution in [2.24, 2.45) is 0 Å². The Kier molecular flexibility index (Phi) is 6.27. The second kappa shape index (κ2) is 9.08. The molecule has 30 heavy (non-hydrogen) atoms. The van der Waals surface area contributed by atoms with Gasteiger partial charge in [0.15, 0.2) is 0 Å². The van der Waals surface area contributed by atoms with Crippen molar-refractivity contribution in [2.75, 3.05) is 38.5 Å². The Bertz CT molecular complexity index is 878. The van der Waals surface area contributed by atoms with E-state index in [0.717, 1.165) is 50.3 Å². The molecule has 1 aromatic heterocycles. The summed E-state index contributed by atoms with van der Waals surface area (Å²) in [7, 11) is 1.83. The number of nitrogens with one attached hydrogen (secondary N) is 1. The second-order valence-corrected chi connectivity index (χ2v) is 8.39. The minimum absolute atomic E-state index is 0.0961. The Labute approximate surface area is 177 Å². The summed E-state index contributed by atoms with van der Waals surface area (Å²) in [5, 5.41) is 3.42. The van der Waals surface area contributed by atoms with Crippen molar-refractivity contribution in [1.29, 1.82) is 0 Å². The highest BCUT2D eigenvalue weighted by atomic mass is 19.1. The topological polar surface area (TPSA) is 61.4 Å². The third-order valence-electron chi connectivity index (χ3n) is 6.13. The summed E-state index contributed by atoms with van der Waals surface area (Å²) >= 11 is 0. The zero-order valence-corrected chi connectivity index (χ0v) is 17.8. The summed E-state index contributed by atoms with van der Waals surface area (Å²) in [5.41, 5.74) is 2.02. The van der Waals surface area contributed by atoms with E-state index < -0.39 is 0 Å². The van der Waals surface area contributed by atoms with Crippen LogP contribution in [0.4, 0.5) is 10.2 Å². The number of hydrogen-bond acceptors (Lipinski definition) is 5. The van der Waals surface area contributed by atoms with Crippen LogP contribution in [0, 0.1) is 5.82 Å². The lowest BCUT2D eigenvalue weighted by atomic mass is 9.97. The third kappa shape index (κ3) is 4.78. The summed E-state index contributed by atoms with van der Waals surface area (Å²) in [6.07, 6.45) is 6.19. The molecule has 6 nitrogen and oxygen atoms in total. The molecule has 160 valence electrons. The maximum absolute atomic E-state index is 13.4. The van der Waals surface area contributed by atoms with Gasteiger partial charge in [0, 0.05) is 32.1 Å². The van der Waals surface area contributed by atoms with Crippen LogP contribution in [0.2, 0.25) is 0 Å². The maximum Gasteiger partial charge on any atom is 0.274 e. The molecule has 1 unspecified atom stereocenters. The largest absolute Gasteiger partial charge is 0.367 e. The van der Waals surface area contributed by atoms with Crippen molar-refractivity contribution < 1.29 is 9.18 Å². The number of hydrogen-bond donors (Lipinski definition) is 1. The van der Waals surface area contributed by atoms with Crippen LogP contribution in [0.15, 0.2) is 30.5 Å². The normalized spacial score (nSPS) is 17.7. The molecule has 1 aromatic carbocycles. The highest BCUT2D eigenvalue weighted by Gasteiger charge is 2.31. The van der Waals surface area contributed by atoms with Gasteiger partial charge in [-0.1, -0.05) is 19.1 Å². The van der Waals surface area contributed by atoms with E-state index in [1.807, 2.05) is 14.0 Å². The van der Waals surface area contributed by atoms with E-state index in [2.05, 4.69) is 15.2 Å². The molecule has 1 saturated carbocycles. The zero-order valence-electron chi connectivity index (χ0n) is 17.8. The van der Waals surface area contributed by atoms with E-state index >= 15 is 0 Å². The fourth-order valence-corrected chi connectivity index (χ4v) is 4.00. The van der Waals surface area contributed by atoms with Gasteiger partial charge in [-0.05, 0) is 56.5 Å². The minimum atomic E-state index is -0.268. The first-order valence-corrected chi connectivity index (χ1v) is 10.9. The van der Waals surface area contributed by atoms with Crippen LogP contribution in [-0.4, -0.2) is 64.9 Å². The predicted molar refractivity (Wildman–Crippen MR) is 115 cm³/mol. The van der Waals surface area contributed by atoms with Crippen LogP contribution in [0.5, 0.6) is 0 Å². The SMILES string of the molecule is CC(c1ccc(F)cc1)c1nc(C(=O)N(C)C2CC2)cnc1NCCN1CCCC1. The number of anilines is 1. The zero-order chi connectivity index (χ0) is 21.1. The van der Waals surface area contributed by atoms with Gasteiger partial charge < -0.3 is 15.1 Å². The fraction of sp³-hybridized carbons (Fsp3) is 0.522. The van der Waals surface area contributed by atoms with E-state index in [1.54, 1.807) is 23.2 Å². The van der Waals surface area contributed by atoms with Crippen molar-refractivity contribution in [3.05, 3.63) is 53.2 Å². The summed E-state index contributed by atoms with van der Waals surface area (Å²) in [4.78, 5) is 26.3. The Morgan fingerprint density at radius 3 is 2.63 bits per heavy atom. The van der Waals surface area contributed by atoms with E-state index in [1.165, 1.54) is 25.0 Å². The van der Waals surface area contributed by atoms with Gasteiger partial charge in [0.2, 0.25) is 0 Å². The number of rotatable bonds is 8. The Hall–Kier alpha value is -2.54. The quantitative estimate of drug-likeness (QED) is 0.720. The summed E-state index contributed by atoms with van der Waals surface area (Å²) in [6, 6.07) is 6.75. The molecular weight excluding hydrogens is 381 g/mol. The van der Waals surface area contributed by atoms with Crippen LogP contribution >= 0.6 is 0 Å². The van der Waals surface area contributed by atoms with Gasteiger partial charge in [-0.25, -0.2) is 14.4 Å². The molecule has 1 aliphatic carbocycles. The van der Waals surface area contributed by atoms with Crippen molar-refractivity contribution in [3.8, 4) is 0 Å². The highest BCUT2D eigenvalue weighted by molar-refractivity contribution is 5.92. The molecule has 1 aliphatic heterocycles.